The number of hydrogen-bond acceptors (Lipinski definition) is 9. The number of nitrogens with one attached hydrogen (secondary N) is 1. The van der Waals surface area contributed by atoms with Gasteiger partial charge >= 0.3 is 0 Å². The van der Waals surface area contributed by atoms with Crippen LogP contribution in [0.5, 0.6) is 5.75 Å². The van der Waals surface area contributed by atoms with E-state index in [1.165, 1.54) is 10.9 Å². The van der Waals surface area contributed by atoms with Crippen LogP contribution in [0.25, 0.3) is 17.1 Å². The molecule has 2 aromatic heterocycles. The zero-order valence-electron chi connectivity index (χ0n) is 15.8. The maximum atomic E-state index is 12.7. The summed E-state index contributed by atoms with van der Waals surface area (Å²) in [5.41, 5.74) is 10.1. The van der Waals surface area contributed by atoms with Crippen molar-refractivity contribution in [3.8, 4) is 22.8 Å². The van der Waals surface area contributed by atoms with E-state index >= 15 is 0 Å². The third kappa shape index (κ3) is 3.71. The zero-order chi connectivity index (χ0) is 20.9. The minimum absolute atomic E-state index is 0.0153. The van der Waals surface area contributed by atoms with E-state index in [1.807, 2.05) is 18.2 Å². The van der Waals surface area contributed by atoms with Crippen LogP contribution in [0.1, 0.15) is 16.1 Å². The van der Waals surface area contributed by atoms with Crippen LogP contribution < -0.4 is 15.9 Å². The lowest BCUT2D eigenvalue weighted by molar-refractivity contribution is 0.0950. The average Bonchev–Trinajstić information content (AvgIpc) is 3.40. The molecule has 2 aromatic carbocycles. The van der Waals surface area contributed by atoms with E-state index in [4.69, 9.17) is 10.5 Å². The summed E-state index contributed by atoms with van der Waals surface area (Å²) in [4.78, 5) is 12.7. The molecule has 4 aromatic rings. The second-order valence-electron chi connectivity index (χ2n) is 6.01. The topological polar surface area (TPSA) is 146 Å². The fourth-order valence-corrected chi connectivity index (χ4v) is 2.68. The van der Waals surface area contributed by atoms with Gasteiger partial charge in [0.1, 0.15) is 11.4 Å². The van der Waals surface area contributed by atoms with Crippen molar-refractivity contribution in [3.63, 3.8) is 0 Å². The number of benzene rings is 2. The molecule has 0 bridgehead atoms. The normalized spacial score (nSPS) is 11.0. The van der Waals surface area contributed by atoms with Crippen molar-refractivity contribution < 1.29 is 14.2 Å². The summed E-state index contributed by atoms with van der Waals surface area (Å²) >= 11 is 0. The molecule has 0 spiro atoms. The molecule has 0 aliphatic carbocycles. The standard InChI is InChI=1S/C19H16N8O3/c1-29-14-9-7-12(8-10-14)11-21-23-19(28)15-16(13-5-3-2-4-6-13)27(26-22-15)18-17(20)24-30-25-18/h2-11H,1H3,(H2,20,24)(H,23,28). The number of methoxy groups -OCH3 is 1. The SMILES string of the molecule is COc1ccc(C=NNC(=O)c2nnn(-c3nonc3N)c2-c2ccccc2)cc1. The second-order valence-corrected chi connectivity index (χ2v) is 6.01. The molecule has 0 saturated heterocycles. The zero-order valence-corrected chi connectivity index (χ0v) is 15.8. The maximum absolute atomic E-state index is 12.7. The van der Waals surface area contributed by atoms with Gasteiger partial charge in [0.2, 0.25) is 11.6 Å². The van der Waals surface area contributed by atoms with Gasteiger partial charge in [-0.2, -0.15) is 9.78 Å². The van der Waals surface area contributed by atoms with Gasteiger partial charge in [-0.15, -0.1) is 5.10 Å². The Morgan fingerprint density at radius 3 is 2.60 bits per heavy atom. The van der Waals surface area contributed by atoms with Crippen LogP contribution in [0.4, 0.5) is 5.82 Å². The predicted octanol–water partition coefficient (Wildman–Crippen LogP) is 1.67. The van der Waals surface area contributed by atoms with Crippen LogP contribution in [-0.4, -0.2) is 44.5 Å². The summed E-state index contributed by atoms with van der Waals surface area (Å²) in [7, 11) is 1.59. The van der Waals surface area contributed by atoms with Gasteiger partial charge in [-0.1, -0.05) is 35.5 Å². The number of hydrazone groups is 1. The molecule has 11 heteroatoms. The lowest BCUT2D eigenvalue weighted by Crippen LogP contribution is -2.19. The van der Waals surface area contributed by atoms with Crippen molar-refractivity contribution in [1.82, 2.24) is 30.7 Å². The predicted molar refractivity (Wildman–Crippen MR) is 107 cm³/mol. The molecule has 0 aliphatic rings. The highest BCUT2D eigenvalue weighted by Crippen LogP contribution is 2.26. The fourth-order valence-electron chi connectivity index (χ4n) is 2.68. The Bertz CT molecular complexity index is 1180. The van der Waals surface area contributed by atoms with E-state index in [1.54, 1.807) is 43.5 Å². The molecule has 0 radical (unpaired) electrons. The van der Waals surface area contributed by atoms with Crippen LogP contribution >= 0.6 is 0 Å². The van der Waals surface area contributed by atoms with Gasteiger partial charge in [-0.05, 0) is 40.1 Å². The monoisotopic (exact) mass is 404 g/mol. The van der Waals surface area contributed by atoms with E-state index in [-0.39, 0.29) is 17.3 Å². The average molecular weight is 404 g/mol. The van der Waals surface area contributed by atoms with Crippen molar-refractivity contribution >= 4 is 17.9 Å². The van der Waals surface area contributed by atoms with Gasteiger partial charge in [0.25, 0.3) is 5.91 Å². The number of rotatable bonds is 6. The number of anilines is 1. The summed E-state index contributed by atoms with van der Waals surface area (Å²) in [5.74, 6) is 0.311. The number of ether oxygens (including phenoxy) is 1. The Kier molecular flexibility index (Phi) is 5.16. The van der Waals surface area contributed by atoms with Crippen LogP contribution in [0.2, 0.25) is 0 Å². The number of hydrogen-bond donors (Lipinski definition) is 2. The van der Waals surface area contributed by atoms with E-state index in [0.717, 1.165) is 11.3 Å². The number of carbonyl (C=O) groups is 1. The summed E-state index contributed by atoms with van der Waals surface area (Å²) < 4.78 is 11.0. The number of nitrogens with zero attached hydrogens (tertiary/aromatic N) is 6. The van der Waals surface area contributed by atoms with Gasteiger partial charge in [-0.25, -0.2) is 10.1 Å². The minimum atomic E-state index is -0.556. The lowest BCUT2D eigenvalue weighted by atomic mass is 10.1. The summed E-state index contributed by atoms with van der Waals surface area (Å²) in [6.07, 6.45) is 1.50. The largest absolute Gasteiger partial charge is 0.497 e. The second kappa shape index (κ2) is 8.22. The quantitative estimate of drug-likeness (QED) is 0.364. The van der Waals surface area contributed by atoms with Crippen LogP contribution in [-0.2, 0) is 0 Å². The molecule has 0 fully saturated rings. The van der Waals surface area contributed by atoms with Crippen LogP contribution in [0, 0.1) is 0 Å². The first-order valence-corrected chi connectivity index (χ1v) is 8.74. The third-order valence-corrected chi connectivity index (χ3v) is 4.12. The smallest absolute Gasteiger partial charge is 0.294 e. The Balaban J connectivity index is 1.63. The number of nitrogens with two attached hydrogens (primary N) is 1. The van der Waals surface area contributed by atoms with Crippen molar-refractivity contribution in [2.45, 2.75) is 0 Å². The Labute approximate surface area is 170 Å². The number of aromatic nitrogens is 5. The summed E-state index contributed by atoms with van der Waals surface area (Å²) in [6.45, 7) is 0. The Hall–Kier alpha value is -4.54. The fraction of sp³-hybridized carbons (Fsp3) is 0.0526. The first-order valence-electron chi connectivity index (χ1n) is 8.74. The molecule has 0 saturated carbocycles. The van der Waals surface area contributed by atoms with Crippen molar-refractivity contribution in [2.75, 3.05) is 12.8 Å². The number of amides is 1. The van der Waals surface area contributed by atoms with E-state index in [9.17, 15) is 4.79 Å². The Morgan fingerprint density at radius 2 is 1.93 bits per heavy atom. The summed E-state index contributed by atoms with van der Waals surface area (Å²) in [5, 5.41) is 19.3. The van der Waals surface area contributed by atoms with Gasteiger partial charge in [0.15, 0.2) is 5.69 Å². The maximum Gasteiger partial charge on any atom is 0.294 e. The minimum Gasteiger partial charge on any atom is -0.497 e. The lowest BCUT2D eigenvalue weighted by Gasteiger charge is -2.05. The van der Waals surface area contributed by atoms with Crippen molar-refractivity contribution in [2.24, 2.45) is 5.10 Å². The highest BCUT2D eigenvalue weighted by Gasteiger charge is 2.24. The summed E-state index contributed by atoms with van der Waals surface area (Å²) in [6, 6.07) is 16.3. The molecular weight excluding hydrogens is 388 g/mol. The third-order valence-electron chi connectivity index (χ3n) is 4.12. The van der Waals surface area contributed by atoms with Crippen molar-refractivity contribution in [3.05, 3.63) is 65.9 Å². The van der Waals surface area contributed by atoms with Crippen LogP contribution in [0.3, 0.4) is 0 Å². The molecule has 11 nitrogen and oxygen atoms in total. The van der Waals surface area contributed by atoms with E-state index < -0.39 is 5.91 Å². The number of carbonyl (C=O) groups excluding carboxylic acids is 1. The van der Waals surface area contributed by atoms with Gasteiger partial charge < -0.3 is 10.5 Å². The first-order chi connectivity index (χ1) is 14.7. The number of nitrogen functional groups attached to an aromatic ring is 1. The molecule has 2 heterocycles. The van der Waals surface area contributed by atoms with Gasteiger partial charge in [0, 0.05) is 5.56 Å². The van der Waals surface area contributed by atoms with Gasteiger partial charge in [0.05, 0.1) is 13.3 Å². The molecule has 30 heavy (non-hydrogen) atoms. The van der Waals surface area contributed by atoms with Gasteiger partial charge in [-0.3, -0.25) is 4.79 Å². The molecule has 150 valence electrons. The highest BCUT2D eigenvalue weighted by molar-refractivity contribution is 5.98. The Morgan fingerprint density at radius 1 is 1.17 bits per heavy atom. The first kappa shape index (κ1) is 18.8. The molecule has 1 amide bonds. The van der Waals surface area contributed by atoms with Crippen molar-refractivity contribution in [1.29, 1.82) is 0 Å². The molecular formula is C19H16N8O3. The molecule has 3 N–H and O–H groups in total. The van der Waals surface area contributed by atoms with Crippen LogP contribution in [0.15, 0.2) is 64.3 Å². The molecule has 0 unspecified atom stereocenters. The highest BCUT2D eigenvalue weighted by atomic mass is 16.6. The molecule has 0 aliphatic heterocycles. The molecule has 0 atom stereocenters. The van der Waals surface area contributed by atoms with E-state index in [0.29, 0.717) is 11.3 Å². The van der Waals surface area contributed by atoms with E-state index in [2.05, 4.69) is 35.8 Å². The molecule has 4 rings (SSSR count).